The fourth-order valence-electron chi connectivity index (χ4n) is 1.11. The summed E-state index contributed by atoms with van der Waals surface area (Å²) in [6.45, 7) is 1.94. The summed E-state index contributed by atoms with van der Waals surface area (Å²) in [5, 5.41) is 0. The predicted molar refractivity (Wildman–Crippen MR) is 58.9 cm³/mol. The summed E-state index contributed by atoms with van der Waals surface area (Å²) in [5.74, 6) is 2.26. The molecular formula is C9H11IO3. The van der Waals surface area contributed by atoms with Crippen LogP contribution in [-0.4, -0.2) is 14.2 Å². The van der Waals surface area contributed by atoms with Crippen molar-refractivity contribution in [3.63, 3.8) is 0 Å². The molecule has 72 valence electrons. The lowest BCUT2D eigenvalue weighted by molar-refractivity contribution is 0.386. The zero-order valence-electron chi connectivity index (χ0n) is 7.76. The summed E-state index contributed by atoms with van der Waals surface area (Å²) in [6.07, 6.45) is 0. The quantitative estimate of drug-likeness (QED) is 0.802. The fraction of sp³-hybridized carbons (Fsp3) is 0.333. The zero-order chi connectivity index (χ0) is 9.84. The van der Waals surface area contributed by atoms with Gasteiger partial charge in [-0.2, -0.15) is 0 Å². The molecule has 0 radical (unpaired) electrons. The van der Waals surface area contributed by atoms with Crippen molar-refractivity contribution in [3.05, 3.63) is 17.7 Å². The molecule has 0 aliphatic rings. The molecule has 1 aromatic carbocycles. The molecule has 0 N–H and O–H groups in total. The van der Waals surface area contributed by atoms with E-state index in [9.17, 15) is 0 Å². The average Bonchev–Trinajstić information content (AvgIpc) is 2.18. The van der Waals surface area contributed by atoms with Crippen molar-refractivity contribution in [2.45, 2.75) is 6.92 Å². The maximum atomic E-state index is 5.17. The van der Waals surface area contributed by atoms with Gasteiger partial charge in [0.15, 0.2) is 23.0 Å². The molecule has 1 rings (SSSR count). The van der Waals surface area contributed by atoms with Crippen LogP contribution in [0.2, 0.25) is 0 Å². The Morgan fingerprint density at radius 3 is 1.85 bits per heavy atom. The molecule has 0 amide bonds. The number of rotatable bonds is 3. The van der Waals surface area contributed by atoms with Gasteiger partial charge in [0, 0.05) is 17.7 Å². The molecule has 0 bridgehead atoms. The minimum atomic E-state index is 0.722. The van der Waals surface area contributed by atoms with Crippen LogP contribution < -0.4 is 12.5 Å². The molecule has 0 aliphatic carbocycles. The van der Waals surface area contributed by atoms with Crippen molar-refractivity contribution in [2.24, 2.45) is 0 Å². The van der Waals surface area contributed by atoms with E-state index in [1.54, 1.807) is 14.2 Å². The fourth-order valence-corrected chi connectivity index (χ4v) is 1.36. The molecular weight excluding hydrogens is 283 g/mol. The van der Waals surface area contributed by atoms with Crippen molar-refractivity contribution in [1.82, 2.24) is 0 Å². The number of halogens is 1. The molecule has 4 heteroatoms. The van der Waals surface area contributed by atoms with E-state index in [0.717, 1.165) is 22.8 Å². The Kier molecular flexibility index (Phi) is 3.65. The molecule has 3 nitrogen and oxygen atoms in total. The molecule has 1 aromatic rings. The third-order valence-corrected chi connectivity index (χ3v) is 2.32. The first-order valence-corrected chi connectivity index (χ1v) is 4.62. The van der Waals surface area contributed by atoms with E-state index < -0.39 is 0 Å². The Labute approximate surface area is 91.7 Å². The first-order chi connectivity index (χ1) is 6.22. The highest BCUT2D eigenvalue weighted by atomic mass is 127. The van der Waals surface area contributed by atoms with Gasteiger partial charge in [-0.1, -0.05) is 0 Å². The highest BCUT2D eigenvalue weighted by Crippen LogP contribution is 2.33. The van der Waals surface area contributed by atoms with Gasteiger partial charge in [-0.25, -0.2) is 0 Å². The highest BCUT2D eigenvalue weighted by molar-refractivity contribution is 14.1. The van der Waals surface area contributed by atoms with E-state index in [2.05, 4.69) is 0 Å². The number of methoxy groups -OCH3 is 2. The maximum Gasteiger partial charge on any atom is 0.192 e. The number of ether oxygens (including phenoxy) is 2. The first-order valence-electron chi connectivity index (χ1n) is 3.74. The molecule has 0 atom stereocenters. The number of hydrogen-bond donors (Lipinski definition) is 0. The third kappa shape index (κ3) is 2.18. The minimum Gasteiger partial charge on any atom is -0.496 e. The molecule has 13 heavy (non-hydrogen) atoms. The SMILES string of the molecule is COc1cc(OI)cc(OC)c1C. The third-order valence-electron chi connectivity index (χ3n) is 1.81. The lowest BCUT2D eigenvalue weighted by Gasteiger charge is -2.10. The van der Waals surface area contributed by atoms with Gasteiger partial charge in [0.05, 0.1) is 14.2 Å². The van der Waals surface area contributed by atoms with Gasteiger partial charge < -0.3 is 12.5 Å². The summed E-state index contributed by atoms with van der Waals surface area (Å²) < 4.78 is 15.4. The van der Waals surface area contributed by atoms with Crippen LogP contribution in [0.1, 0.15) is 5.56 Å². The van der Waals surface area contributed by atoms with Gasteiger partial charge >= 0.3 is 0 Å². The lowest BCUT2D eigenvalue weighted by Crippen LogP contribution is -1.92. The normalized spacial score (nSPS) is 9.54. The standard InChI is InChI=1S/C9H11IO3/c1-6-8(11-2)4-7(13-10)5-9(6)12-3/h4-5H,1-3H3. The Balaban J connectivity index is 3.20. The van der Waals surface area contributed by atoms with E-state index >= 15 is 0 Å². The average molecular weight is 294 g/mol. The van der Waals surface area contributed by atoms with Crippen LogP contribution >= 0.6 is 23.0 Å². The molecule has 0 saturated heterocycles. The zero-order valence-corrected chi connectivity index (χ0v) is 9.91. The summed E-state index contributed by atoms with van der Waals surface area (Å²) in [4.78, 5) is 0. The molecule has 0 spiro atoms. The Morgan fingerprint density at radius 1 is 1.08 bits per heavy atom. The van der Waals surface area contributed by atoms with Crippen LogP contribution in [-0.2, 0) is 0 Å². The van der Waals surface area contributed by atoms with E-state index in [1.165, 1.54) is 0 Å². The molecule has 0 heterocycles. The topological polar surface area (TPSA) is 27.7 Å². The molecule has 0 fully saturated rings. The second-order valence-corrected chi connectivity index (χ2v) is 2.97. The minimum absolute atomic E-state index is 0.722. The van der Waals surface area contributed by atoms with Crippen LogP contribution in [0.15, 0.2) is 12.1 Å². The summed E-state index contributed by atoms with van der Waals surface area (Å²) in [6, 6.07) is 3.65. The molecule has 0 saturated carbocycles. The molecule has 0 unspecified atom stereocenters. The summed E-state index contributed by atoms with van der Waals surface area (Å²) in [5.41, 5.74) is 0.974. The summed E-state index contributed by atoms with van der Waals surface area (Å²) in [7, 11) is 3.25. The van der Waals surface area contributed by atoms with E-state index in [1.807, 2.05) is 42.1 Å². The van der Waals surface area contributed by atoms with Crippen molar-refractivity contribution in [2.75, 3.05) is 14.2 Å². The van der Waals surface area contributed by atoms with E-state index in [4.69, 9.17) is 12.5 Å². The molecule has 0 aromatic heterocycles. The Bertz CT molecular complexity index is 274. The van der Waals surface area contributed by atoms with Crippen molar-refractivity contribution in [3.8, 4) is 17.2 Å². The predicted octanol–water partition coefficient (Wildman–Crippen LogP) is 2.74. The lowest BCUT2D eigenvalue weighted by atomic mass is 10.2. The Hall–Kier alpha value is -0.650. The maximum absolute atomic E-state index is 5.17. The van der Waals surface area contributed by atoms with Crippen LogP contribution in [0, 0.1) is 6.92 Å². The van der Waals surface area contributed by atoms with Gasteiger partial charge in [0.1, 0.15) is 17.2 Å². The van der Waals surface area contributed by atoms with E-state index in [0.29, 0.717) is 0 Å². The second kappa shape index (κ2) is 4.55. The van der Waals surface area contributed by atoms with Crippen LogP contribution in [0.5, 0.6) is 17.2 Å². The highest BCUT2D eigenvalue weighted by Gasteiger charge is 2.08. The van der Waals surface area contributed by atoms with Crippen molar-refractivity contribution < 1.29 is 12.5 Å². The van der Waals surface area contributed by atoms with Crippen molar-refractivity contribution in [1.29, 1.82) is 0 Å². The van der Waals surface area contributed by atoms with Gasteiger partial charge in [0.25, 0.3) is 0 Å². The van der Waals surface area contributed by atoms with Gasteiger partial charge in [-0.05, 0) is 6.92 Å². The van der Waals surface area contributed by atoms with Gasteiger partial charge in [-0.15, -0.1) is 0 Å². The summed E-state index contributed by atoms with van der Waals surface area (Å²) >= 11 is 1.82. The Morgan fingerprint density at radius 2 is 1.54 bits per heavy atom. The number of hydrogen-bond acceptors (Lipinski definition) is 3. The smallest absolute Gasteiger partial charge is 0.192 e. The van der Waals surface area contributed by atoms with Crippen LogP contribution in [0.3, 0.4) is 0 Å². The van der Waals surface area contributed by atoms with Gasteiger partial charge in [-0.3, -0.25) is 0 Å². The number of benzene rings is 1. The monoisotopic (exact) mass is 294 g/mol. The van der Waals surface area contributed by atoms with Crippen LogP contribution in [0.25, 0.3) is 0 Å². The van der Waals surface area contributed by atoms with Gasteiger partial charge in [0.2, 0.25) is 0 Å². The molecule has 0 aliphatic heterocycles. The first kappa shape index (κ1) is 10.4. The van der Waals surface area contributed by atoms with E-state index in [-0.39, 0.29) is 0 Å². The van der Waals surface area contributed by atoms with Crippen molar-refractivity contribution >= 4 is 23.0 Å². The largest absolute Gasteiger partial charge is 0.496 e. The van der Waals surface area contributed by atoms with Crippen LogP contribution in [0.4, 0.5) is 0 Å². The second-order valence-electron chi connectivity index (χ2n) is 2.53.